The molecule has 2 heterocycles. The number of nitrogens with one attached hydrogen (secondary N) is 1. The van der Waals surface area contributed by atoms with E-state index >= 15 is 0 Å². The van der Waals surface area contributed by atoms with Crippen LogP contribution in [0, 0.1) is 5.41 Å². The lowest BCUT2D eigenvalue weighted by molar-refractivity contribution is 0.716. The molecule has 0 saturated carbocycles. The van der Waals surface area contributed by atoms with Crippen molar-refractivity contribution in [2.24, 2.45) is 5.73 Å². The number of aromatic nitrogens is 2. The van der Waals surface area contributed by atoms with Gasteiger partial charge in [-0.25, -0.2) is 9.97 Å². The SMILES string of the molecule is CC1CN(c2cnc(C(=N)N)cn2)CC(C)S1. The summed E-state index contributed by atoms with van der Waals surface area (Å²) in [5, 5.41) is 8.48. The molecule has 0 radical (unpaired) electrons. The van der Waals surface area contributed by atoms with Crippen molar-refractivity contribution in [1.82, 2.24) is 9.97 Å². The Bertz CT molecular complexity index is 395. The summed E-state index contributed by atoms with van der Waals surface area (Å²) in [5.74, 6) is 0.828. The fourth-order valence-electron chi connectivity index (χ4n) is 1.99. The third-order valence-corrected chi connectivity index (χ3v) is 3.89. The molecule has 17 heavy (non-hydrogen) atoms. The Kier molecular flexibility index (Phi) is 3.51. The molecule has 0 bridgehead atoms. The second kappa shape index (κ2) is 4.91. The second-order valence-corrected chi connectivity index (χ2v) is 6.22. The highest BCUT2D eigenvalue weighted by Crippen LogP contribution is 2.27. The maximum Gasteiger partial charge on any atom is 0.147 e. The van der Waals surface area contributed by atoms with Gasteiger partial charge in [-0.3, -0.25) is 5.41 Å². The highest BCUT2D eigenvalue weighted by atomic mass is 32.2. The first-order valence-electron chi connectivity index (χ1n) is 5.63. The summed E-state index contributed by atoms with van der Waals surface area (Å²) in [4.78, 5) is 10.7. The molecule has 0 spiro atoms. The van der Waals surface area contributed by atoms with Crippen LogP contribution in [0.3, 0.4) is 0 Å². The van der Waals surface area contributed by atoms with Crippen LogP contribution in [0.2, 0.25) is 0 Å². The summed E-state index contributed by atoms with van der Waals surface area (Å²) in [6.07, 6.45) is 3.26. The van der Waals surface area contributed by atoms with E-state index in [1.165, 1.54) is 0 Å². The Labute approximate surface area is 105 Å². The van der Waals surface area contributed by atoms with Crippen LogP contribution in [-0.2, 0) is 0 Å². The molecule has 5 nitrogen and oxygen atoms in total. The van der Waals surface area contributed by atoms with Crippen LogP contribution in [0.1, 0.15) is 19.5 Å². The summed E-state index contributed by atoms with van der Waals surface area (Å²) in [6, 6.07) is 0. The molecule has 1 aromatic rings. The smallest absolute Gasteiger partial charge is 0.147 e. The molecule has 92 valence electrons. The van der Waals surface area contributed by atoms with Gasteiger partial charge in [-0.15, -0.1) is 0 Å². The van der Waals surface area contributed by atoms with Crippen molar-refractivity contribution < 1.29 is 0 Å². The van der Waals surface area contributed by atoms with Crippen molar-refractivity contribution in [3.63, 3.8) is 0 Å². The summed E-state index contributed by atoms with van der Waals surface area (Å²) in [5.41, 5.74) is 5.78. The van der Waals surface area contributed by atoms with E-state index in [4.69, 9.17) is 11.1 Å². The highest BCUT2D eigenvalue weighted by molar-refractivity contribution is 8.00. The van der Waals surface area contributed by atoms with Gasteiger partial charge in [0, 0.05) is 23.6 Å². The topological polar surface area (TPSA) is 78.9 Å². The van der Waals surface area contributed by atoms with Gasteiger partial charge in [0.05, 0.1) is 12.4 Å². The largest absolute Gasteiger partial charge is 0.382 e. The Morgan fingerprint density at radius 1 is 1.35 bits per heavy atom. The van der Waals surface area contributed by atoms with Crippen LogP contribution in [0.15, 0.2) is 12.4 Å². The van der Waals surface area contributed by atoms with E-state index in [2.05, 4.69) is 28.7 Å². The zero-order chi connectivity index (χ0) is 12.4. The second-order valence-electron chi connectivity index (χ2n) is 4.34. The van der Waals surface area contributed by atoms with Crippen molar-refractivity contribution in [3.8, 4) is 0 Å². The van der Waals surface area contributed by atoms with Gasteiger partial charge in [-0.2, -0.15) is 11.8 Å². The fourth-order valence-corrected chi connectivity index (χ4v) is 3.31. The Balaban J connectivity index is 2.14. The Hall–Kier alpha value is -1.30. The van der Waals surface area contributed by atoms with Crippen molar-refractivity contribution in [2.75, 3.05) is 18.0 Å². The number of thioether (sulfide) groups is 1. The summed E-state index contributed by atoms with van der Waals surface area (Å²) >= 11 is 2.00. The van der Waals surface area contributed by atoms with Crippen LogP contribution >= 0.6 is 11.8 Å². The van der Waals surface area contributed by atoms with Gasteiger partial charge in [0.25, 0.3) is 0 Å². The number of anilines is 1. The first-order chi connectivity index (χ1) is 8.06. The maximum atomic E-state index is 7.27. The molecule has 1 saturated heterocycles. The van der Waals surface area contributed by atoms with Crippen LogP contribution in [0.4, 0.5) is 5.82 Å². The zero-order valence-corrected chi connectivity index (χ0v) is 10.9. The third kappa shape index (κ3) is 2.88. The van der Waals surface area contributed by atoms with Crippen molar-refractivity contribution in [3.05, 3.63) is 18.1 Å². The van der Waals surface area contributed by atoms with Gasteiger partial charge in [0.2, 0.25) is 0 Å². The number of nitrogens with zero attached hydrogens (tertiary/aromatic N) is 3. The van der Waals surface area contributed by atoms with E-state index < -0.39 is 0 Å². The van der Waals surface area contributed by atoms with Gasteiger partial charge < -0.3 is 10.6 Å². The lowest BCUT2D eigenvalue weighted by Crippen LogP contribution is -2.41. The molecule has 2 atom stereocenters. The summed E-state index contributed by atoms with van der Waals surface area (Å²) in [6.45, 7) is 6.43. The van der Waals surface area contributed by atoms with Gasteiger partial charge in [0.15, 0.2) is 0 Å². The molecule has 1 aliphatic heterocycles. The monoisotopic (exact) mass is 251 g/mol. The minimum absolute atomic E-state index is 0.0417. The molecule has 1 aromatic heterocycles. The molecular weight excluding hydrogens is 234 g/mol. The standard InChI is InChI=1S/C11H17N5S/c1-7-5-16(6-8(2)17-7)10-4-14-9(3-15-10)11(12)13/h3-4,7-8H,5-6H2,1-2H3,(H3,12,13). The van der Waals surface area contributed by atoms with E-state index in [0.29, 0.717) is 16.2 Å². The van der Waals surface area contributed by atoms with Gasteiger partial charge >= 0.3 is 0 Å². The first kappa shape index (κ1) is 12.2. The highest BCUT2D eigenvalue weighted by Gasteiger charge is 2.23. The molecule has 2 unspecified atom stereocenters. The van der Waals surface area contributed by atoms with Crippen molar-refractivity contribution >= 4 is 23.4 Å². The quantitative estimate of drug-likeness (QED) is 0.607. The summed E-state index contributed by atoms with van der Waals surface area (Å²) in [7, 11) is 0. The number of hydrogen-bond donors (Lipinski definition) is 2. The molecule has 2 rings (SSSR count). The van der Waals surface area contributed by atoms with Gasteiger partial charge in [-0.05, 0) is 0 Å². The zero-order valence-electron chi connectivity index (χ0n) is 10.1. The van der Waals surface area contributed by atoms with Crippen molar-refractivity contribution in [2.45, 2.75) is 24.3 Å². The fraction of sp³-hybridized carbons (Fsp3) is 0.545. The van der Waals surface area contributed by atoms with Crippen LogP contribution < -0.4 is 10.6 Å². The summed E-state index contributed by atoms with van der Waals surface area (Å²) < 4.78 is 0. The molecule has 0 amide bonds. The van der Waals surface area contributed by atoms with Crippen LogP contribution in [-0.4, -0.2) is 39.4 Å². The van der Waals surface area contributed by atoms with Gasteiger partial charge in [0.1, 0.15) is 17.3 Å². The molecule has 6 heteroatoms. The van der Waals surface area contributed by atoms with Crippen molar-refractivity contribution in [1.29, 1.82) is 5.41 Å². The predicted octanol–water partition coefficient (Wildman–Crippen LogP) is 1.09. The number of rotatable bonds is 2. The average Bonchev–Trinajstić information content (AvgIpc) is 2.28. The molecule has 0 aliphatic carbocycles. The maximum absolute atomic E-state index is 7.27. The normalized spacial score (nSPS) is 24.7. The molecule has 3 N–H and O–H groups in total. The molecule has 1 aliphatic rings. The van der Waals surface area contributed by atoms with Gasteiger partial charge in [-0.1, -0.05) is 13.8 Å². The molecule has 0 aromatic carbocycles. The lowest BCUT2D eigenvalue weighted by atomic mass is 10.3. The number of hydrogen-bond acceptors (Lipinski definition) is 5. The minimum atomic E-state index is -0.0417. The van der Waals surface area contributed by atoms with Crippen LogP contribution in [0.5, 0.6) is 0 Å². The van der Waals surface area contributed by atoms with E-state index in [0.717, 1.165) is 18.9 Å². The number of nitrogens with two attached hydrogens (primary N) is 1. The molecule has 1 fully saturated rings. The van der Waals surface area contributed by atoms with E-state index in [1.807, 2.05) is 11.8 Å². The Morgan fingerprint density at radius 3 is 2.47 bits per heavy atom. The van der Waals surface area contributed by atoms with E-state index in [-0.39, 0.29) is 5.84 Å². The first-order valence-corrected chi connectivity index (χ1v) is 6.57. The van der Waals surface area contributed by atoms with E-state index in [9.17, 15) is 0 Å². The molecular formula is C11H17N5S. The average molecular weight is 251 g/mol. The predicted molar refractivity (Wildman–Crippen MR) is 71.8 cm³/mol. The van der Waals surface area contributed by atoms with E-state index in [1.54, 1.807) is 12.4 Å². The minimum Gasteiger partial charge on any atom is -0.382 e. The van der Waals surface area contributed by atoms with Crippen LogP contribution in [0.25, 0.3) is 0 Å². The Morgan fingerprint density at radius 2 is 2.00 bits per heavy atom. The third-order valence-electron chi connectivity index (χ3n) is 2.66. The lowest BCUT2D eigenvalue weighted by Gasteiger charge is -2.35. The number of nitrogen functional groups attached to an aromatic ring is 1. The number of amidine groups is 1.